The lowest BCUT2D eigenvalue weighted by atomic mass is 10.1. The van der Waals surface area contributed by atoms with Crippen molar-refractivity contribution < 1.29 is 58.0 Å². The number of ether oxygens (including phenoxy) is 2. The molecule has 65 heavy (non-hydrogen) atoms. The summed E-state index contributed by atoms with van der Waals surface area (Å²) in [6, 6.07) is 21.6. The van der Waals surface area contributed by atoms with Gasteiger partial charge in [0.25, 0.3) is 23.6 Å². The van der Waals surface area contributed by atoms with Crippen molar-refractivity contribution in [1.82, 2.24) is 10.3 Å². The van der Waals surface area contributed by atoms with E-state index in [0.29, 0.717) is 27.9 Å². The molecule has 0 aliphatic heterocycles. The molecular weight excluding hydrogens is 847 g/mol. The Morgan fingerprint density at radius 2 is 1.29 bits per heavy atom. The van der Waals surface area contributed by atoms with Crippen LogP contribution in [0.1, 0.15) is 60.3 Å². The minimum Gasteiger partial charge on any atom is -0.504 e. The molecule has 1 heterocycles. The monoisotopic (exact) mass is 883 g/mol. The highest BCUT2D eigenvalue weighted by Crippen LogP contribution is 2.40. The molecule has 0 saturated carbocycles. The number of carboxylic acids is 1. The van der Waals surface area contributed by atoms with E-state index in [1.54, 1.807) is 31.2 Å². The van der Waals surface area contributed by atoms with Gasteiger partial charge in [0.05, 0.1) is 49.2 Å². The van der Waals surface area contributed by atoms with Crippen LogP contribution in [0.15, 0.2) is 106 Å². The molecule has 20 heteroatoms. The van der Waals surface area contributed by atoms with Crippen molar-refractivity contribution in [2.24, 2.45) is 0 Å². The first-order chi connectivity index (χ1) is 31.1. The summed E-state index contributed by atoms with van der Waals surface area (Å²) in [5.41, 5.74) is 1.80. The quantitative estimate of drug-likeness (QED) is 0.0580. The van der Waals surface area contributed by atoms with Gasteiger partial charge in [-0.3, -0.25) is 29.0 Å². The molecular formula is C45H37N7O13. The molecule has 0 fully saturated rings. The van der Waals surface area contributed by atoms with Crippen molar-refractivity contribution in [3.63, 3.8) is 0 Å². The summed E-state index contributed by atoms with van der Waals surface area (Å²) in [5, 5.41) is 52.7. The average molecular weight is 884 g/mol. The van der Waals surface area contributed by atoms with Crippen LogP contribution in [0.5, 0.6) is 23.0 Å². The number of nitriles is 1. The van der Waals surface area contributed by atoms with Crippen molar-refractivity contribution in [3.05, 3.63) is 135 Å². The molecule has 0 aliphatic rings. The fourth-order valence-electron chi connectivity index (χ4n) is 6.28. The van der Waals surface area contributed by atoms with Gasteiger partial charge in [-0.25, -0.2) is 9.59 Å². The third kappa shape index (κ3) is 10.4. The molecule has 0 bridgehead atoms. The fourth-order valence-corrected chi connectivity index (χ4v) is 6.28. The summed E-state index contributed by atoms with van der Waals surface area (Å²) < 4.78 is 15.3. The first kappa shape index (κ1) is 45.2. The number of rotatable bonds is 15. The van der Waals surface area contributed by atoms with Gasteiger partial charge in [-0.2, -0.15) is 5.26 Å². The molecule has 1 aromatic heterocycles. The number of phenolic OH excluding ortho intramolecular Hbond substituents is 1. The number of H-pyrrole nitrogens is 1. The Hall–Kier alpha value is -9.38. The molecule has 6 rings (SSSR count). The largest absolute Gasteiger partial charge is 0.504 e. The number of carbonyl (C=O) groups is 6. The van der Waals surface area contributed by atoms with Gasteiger partial charge in [0.2, 0.25) is 5.91 Å². The number of aromatic carboxylic acids is 1. The Labute approximate surface area is 367 Å². The fraction of sp³-hybridized carbons (Fsp3) is 0.111. The topological polar surface area (TPSA) is 312 Å². The number of oxazole rings is 1. The first-order valence-electron chi connectivity index (χ1n) is 19.1. The number of hydrogen-bond acceptors (Lipinski definition) is 13. The molecule has 5 amide bonds. The van der Waals surface area contributed by atoms with Gasteiger partial charge in [0.1, 0.15) is 11.6 Å². The zero-order valence-corrected chi connectivity index (χ0v) is 34.4. The van der Waals surface area contributed by atoms with E-state index in [2.05, 4.69) is 31.6 Å². The third-order valence-corrected chi connectivity index (χ3v) is 9.56. The predicted octanol–water partition coefficient (Wildman–Crippen LogP) is 5.45. The maximum absolute atomic E-state index is 13.2. The Morgan fingerprint density at radius 1 is 0.738 bits per heavy atom. The second-order valence-corrected chi connectivity index (χ2v) is 13.9. The van der Waals surface area contributed by atoms with Crippen LogP contribution in [0.2, 0.25) is 0 Å². The number of aromatic amines is 1. The zero-order chi connectivity index (χ0) is 46.9. The van der Waals surface area contributed by atoms with Crippen LogP contribution in [0.25, 0.3) is 17.2 Å². The van der Waals surface area contributed by atoms with Gasteiger partial charge >= 0.3 is 11.7 Å². The van der Waals surface area contributed by atoms with Gasteiger partial charge in [-0.15, -0.1) is 0 Å². The number of anilines is 4. The number of aromatic hydroxyl groups is 2. The van der Waals surface area contributed by atoms with E-state index in [-0.39, 0.29) is 51.7 Å². The maximum atomic E-state index is 13.2. The lowest BCUT2D eigenvalue weighted by molar-refractivity contribution is -0.118. The number of methoxy groups -OCH3 is 2. The molecule has 1 unspecified atom stereocenters. The summed E-state index contributed by atoms with van der Waals surface area (Å²) >= 11 is 0. The summed E-state index contributed by atoms with van der Waals surface area (Å²) in [6.45, 7) is 1.61. The first-order valence-corrected chi connectivity index (χ1v) is 19.1. The van der Waals surface area contributed by atoms with Crippen molar-refractivity contribution >= 4 is 75.4 Å². The number of carboxylic acid groups (broad SMARTS) is 1. The number of carbonyl (C=O) groups excluding carboxylic acids is 5. The van der Waals surface area contributed by atoms with Gasteiger partial charge in [-0.05, 0) is 103 Å². The lowest BCUT2D eigenvalue weighted by Gasteiger charge is -2.17. The molecule has 5 aromatic carbocycles. The second kappa shape index (κ2) is 19.6. The Balaban J connectivity index is 1.04. The highest BCUT2D eigenvalue weighted by molar-refractivity contribution is 6.11. The van der Waals surface area contributed by atoms with E-state index in [1.807, 2.05) is 6.07 Å². The zero-order valence-electron chi connectivity index (χ0n) is 34.4. The number of benzene rings is 5. The smallest absolute Gasteiger partial charge is 0.417 e. The summed E-state index contributed by atoms with van der Waals surface area (Å²) in [6.07, 6.45) is 1.24. The van der Waals surface area contributed by atoms with E-state index >= 15 is 0 Å². The number of amides is 5. The van der Waals surface area contributed by atoms with Crippen molar-refractivity contribution in [2.75, 3.05) is 35.5 Å². The van der Waals surface area contributed by atoms with E-state index in [9.17, 15) is 54.1 Å². The molecule has 9 N–H and O–H groups in total. The lowest BCUT2D eigenvalue weighted by Crippen LogP contribution is -2.43. The Bertz CT molecular complexity index is 3000. The molecule has 1 atom stereocenters. The second-order valence-electron chi connectivity index (χ2n) is 13.9. The number of aromatic nitrogens is 1. The van der Waals surface area contributed by atoms with E-state index < -0.39 is 64.4 Å². The number of hydrogen-bond donors (Lipinski definition) is 9. The number of phenols is 2. The van der Waals surface area contributed by atoms with E-state index in [4.69, 9.17) is 13.9 Å². The minimum atomic E-state index is -1.43. The van der Waals surface area contributed by atoms with Crippen LogP contribution in [0.4, 0.5) is 22.7 Å². The highest BCUT2D eigenvalue weighted by Gasteiger charge is 2.25. The summed E-state index contributed by atoms with van der Waals surface area (Å²) in [4.78, 5) is 90.9. The summed E-state index contributed by atoms with van der Waals surface area (Å²) in [5.74, 6) is -7.40. The van der Waals surface area contributed by atoms with Crippen molar-refractivity contribution in [3.8, 4) is 29.1 Å². The molecule has 0 saturated heterocycles. The van der Waals surface area contributed by atoms with E-state index in [1.165, 1.54) is 73.8 Å². The number of nitrogens with zero attached hydrogens (tertiary/aromatic N) is 1. The summed E-state index contributed by atoms with van der Waals surface area (Å²) in [7, 11) is 2.35. The standard InChI is InChI=1S/C45H37N7O13/c1-22(20-23-4-17-34-33(21-23)52-45(62)65-34)39(55)47-26-9-5-25(6-10-26)41(57)51-32(18-19-46)43(59)48-27-11-7-24(8-12-27)40(56)49-30-15-13-28(35(53)37(30)63-2)42(58)50-31-16-14-29(44(60)61)36(54)38(31)64-3/h4-17,20-21,32,53-54H,18H2,1-3H3,(H,47,55)(H,48,59)(H,49,56)(H,50,58)(H,51,57)(H,52,62)(H,60,61). The van der Waals surface area contributed by atoms with Crippen molar-refractivity contribution in [2.45, 2.75) is 19.4 Å². The molecule has 0 spiro atoms. The molecule has 20 nitrogen and oxygen atoms in total. The molecule has 330 valence electrons. The van der Waals surface area contributed by atoms with Gasteiger partial charge in [-0.1, -0.05) is 6.07 Å². The van der Waals surface area contributed by atoms with Crippen LogP contribution in [0.3, 0.4) is 0 Å². The van der Waals surface area contributed by atoms with Gasteiger partial charge in [0.15, 0.2) is 28.6 Å². The van der Waals surface area contributed by atoms with E-state index in [0.717, 1.165) is 13.2 Å². The number of fused-ring (bicyclic) bond motifs is 1. The third-order valence-electron chi connectivity index (χ3n) is 9.56. The van der Waals surface area contributed by atoms with Crippen LogP contribution >= 0.6 is 0 Å². The Kier molecular flexibility index (Phi) is 13.6. The van der Waals surface area contributed by atoms with Crippen LogP contribution in [-0.2, 0) is 9.59 Å². The molecule has 6 aromatic rings. The Morgan fingerprint density at radius 3 is 1.88 bits per heavy atom. The maximum Gasteiger partial charge on any atom is 0.417 e. The highest BCUT2D eigenvalue weighted by atomic mass is 16.5. The van der Waals surface area contributed by atoms with Gasteiger partial charge in [0, 0.05) is 28.1 Å². The minimum absolute atomic E-state index is 0.0245. The number of nitrogens with one attached hydrogen (secondary N) is 6. The molecule has 0 radical (unpaired) electrons. The van der Waals surface area contributed by atoms with Gasteiger partial charge < -0.3 is 55.8 Å². The average Bonchev–Trinajstić information content (AvgIpc) is 3.65. The van der Waals surface area contributed by atoms with Crippen LogP contribution < -0.4 is 41.8 Å². The normalized spacial score (nSPS) is 11.4. The van der Waals surface area contributed by atoms with Crippen LogP contribution in [-0.4, -0.2) is 76.1 Å². The SMILES string of the molecule is COc1c(NC(=O)c2ccc(NC(=O)c3ccc(NC(=O)C(CC#N)NC(=O)c4ccc(NC(=O)C(C)=Cc5ccc6oc(=O)[nH]c6c5)cc4)cc3)c(OC)c2O)ccc(C(=O)O)c1O. The van der Waals surface area contributed by atoms with Crippen molar-refractivity contribution in [1.29, 1.82) is 5.26 Å². The van der Waals surface area contributed by atoms with Crippen LogP contribution in [0, 0.1) is 11.3 Å². The predicted molar refractivity (Wildman–Crippen MR) is 234 cm³/mol. The molecule has 0 aliphatic carbocycles.